The van der Waals surface area contributed by atoms with Gasteiger partial charge >= 0.3 is 11.9 Å². The minimum atomic E-state index is -4.62. The predicted molar refractivity (Wildman–Crippen MR) is 136 cm³/mol. The van der Waals surface area contributed by atoms with Gasteiger partial charge in [0, 0.05) is 45.0 Å². The summed E-state index contributed by atoms with van der Waals surface area (Å²) in [6.07, 6.45) is -0.209. The maximum atomic E-state index is 14.2. The van der Waals surface area contributed by atoms with Crippen molar-refractivity contribution in [2.24, 2.45) is 13.0 Å². The van der Waals surface area contributed by atoms with Crippen LogP contribution in [0.2, 0.25) is 0 Å². The highest BCUT2D eigenvalue weighted by Crippen LogP contribution is 2.36. The topological polar surface area (TPSA) is 78.8 Å². The Hall–Kier alpha value is -3.48. The summed E-state index contributed by atoms with van der Waals surface area (Å²) in [4.78, 5) is 15.6. The molecule has 0 radical (unpaired) electrons. The number of morpholine rings is 1. The maximum absolute atomic E-state index is 14.2. The van der Waals surface area contributed by atoms with E-state index in [2.05, 4.69) is 10.2 Å². The van der Waals surface area contributed by atoms with E-state index in [1.807, 2.05) is 35.6 Å². The summed E-state index contributed by atoms with van der Waals surface area (Å²) < 4.78 is 57.8. The summed E-state index contributed by atoms with van der Waals surface area (Å²) in [6.45, 7) is 5.11. The van der Waals surface area contributed by atoms with Crippen molar-refractivity contribution in [1.82, 2.24) is 28.6 Å². The lowest BCUT2D eigenvalue weighted by atomic mass is 9.84. The smallest absolute Gasteiger partial charge is 0.381 e. The highest BCUT2D eigenvalue weighted by molar-refractivity contribution is 5.58. The van der Waals surface area contributed by atoms with Crippen LogP contribution in [0.15, 0.2) is 53.8 Å². The van der Waals surface area contributed by atoms with E-state index in [-0.39, 0.29) is 23.5 Å². The van der Waals surface area contributed by atoms with Crippen molar-refractivity contribution < 1.29 is 22.6 Å². The van der Waals surface area contributed by atoms with E-state index in [0.717, 1.165) is 21.9 Å². The van der Waals surface area contributed by atoms with Crippen LogP contribution in [0.3, 0.4) is 0 Å². The number of alkyl halides is 3. The maximum Gasteiger partial charge on any atom is 0.418 e. The Kier molecular flexibility index (Phi) is 6.56. The second-order valence-corrected chi connectivity index (χ2v) is 10.4. The zero-order valence-corrected chi connectivity index (χ0v) is 21.6. The number of hydrogen-bond acceptors (Lipinski definition) is 6. The molecule has 0 amide bonds. The summed E-state index contributed by atoms with van der Waals surface area (Å²) in [5.41, 5.74) is 0.200. The van der Waals surface area contributed by atoms with Crippen molar-refractivity contribution in [3.05, 3.63) is 82.1 Å². The minimum absolute atomic E-state index is 0.00230. The molecule has 0 N–H and O–H groups in total. The third-order valence-corrected chi connectivity index (χ3v) is 7.53. The second kappa shape index (κ2) is 9.92. The van der Waals surface area contributed by atoms with Gasteiger partial charge in [0.25, 0.3) is 0 Å². The number of rotatable bonds is 6. The van der Waals surface area contributed by atoms with Crippen molar-refractivity contribution in [3.8, 4) is 5.69 Å². The summed E-state index contributed by atoms with van der Waals surface area (Å²) in [5, 5.41) is 8.31. The highest BCUT2D eigenvalue weighted by Gasteiger charge is 2.36. The molecule has 6 rings (SSSR count). The molecule has 1 aromatic carbocycles. The minimum Gasteiger partial charge on any atom is -0.381 e. The summed E-state index contributed by atoms with van der Waals surface area (Å²) in [5.74, 6) is 0.804. The van der Waals surface area contributed by atoms with Gasteiger partial charge in [-0.15, -0.1) is 10.2 Å². The van der Waals surface area contributed by atoms with E-state index in [1.54, 1.807) is 18.5 Å². The molecule has 2 aliphatic heterocycles. The largest absolute Gasteiger partial charge is 0.418 e. The molecular formula is C27H29F3N6O3. The number of pyridine rings is 1. The summed E-state index contributed by atoms with van der Waals surface area (Å²) in [7, 11) is 1.87. The summed E-state index contributed by atoms with van der Waals surface area (Å²) in [6, 6.07) is 8.44. The lowest BCUT2D eigenvalue weighted by Crippen LogP contribution is -2.40. The quantitative estimate of drug-likeness (QED) is 0.372. The molecule has 3 aromatic heterocycles. The SMILES string of the molecule is C[C@@H]1CN(Cc2cc(C(F)(F)F)c3cn(-c4cccc([C@H](c5nncn5C)C5COC5)c4)c(=O)n3c2)CCO1. The van der Waals surface area contributed by atoms with Crippen LogP contribution in [0.5, 0.6) is 0 Å². The lowest BCUT2D eigenvalue weighted by Gasteiger charge is -2.33. The van der Waals surface area contributed by atoms with Gasteiger partial charge in [-0.25, -0.2) is 4.79 Å². The Balaban J connectivity index is 1.42. The third-order valence-electron chi connectivity index (χ3n) is 7.53. The van der Waals surface area contributed by atoms with Crippen molar-refractivity contribution >= 4 is 5.52 Å². The molecule has 206 valence electrons. The Bertz CT molecular complexity index is 1550. The molecule has 2 saturated heterocycles. The molecular weight excluding hydrogens is 513 g/mol. The van der Waals surface area contributed by atoms with Crippen LogP contribution in [0.25, 0.3) is 11.2 Å². The molecule has 39 heavy (non-hydrogen) atoms. The third kappa shape index (κ3) is 4.88. The van der Waals surface area contributed by atoms with E-state index < -0.39 is 17.4 Å². The van der Waals surface area contributed by atoms with Gasteiger partial charge in [0.2, 0.25) is 0 Å². The van der Waals surface area contributed by atoms with Gasteiger partial charge in [0.15, 0.2) is 0 Å². The molecule has 2 aliphatic rings. The van der Waals surface area contributed by atoms with E-state index in [9.17, 15) is 18.0 Å². The first kappa shape index (κ1) is 25.8. The first-order chi connectivity index (χ1) is 18.7. The molecule has 9 nitrogen and oxygen atoms in total. The molecule has 0 unspecified atom stereocenters. The van der Waals surface area contributed by atoms with Gasteiger partial charge in [0.1, 0.15) is 12.2 Å². The molecule has 0 spiro atoms. The van der Waals surface area contributed by atoms with Crippen LogP contribution in [-0.2, 0) is 29.2 Å². The standard InChI is InChI=1S/C27H29F3N6O3/c1-17-10-34(6-7-39-17)11-18-8-22(27(28,29)30)23-13-35(26(37)36(23)12-18)21-5-3-4-19(9-21)24(20-14-38-15-20)25-32-31-16-33(25)2/h3-5,8-9,12-13,16-17,20,24H,6-7,10-11,14-15H2,1-2H3/t17-,24+/m1/s1. The Labute approximate surface area is 222 Å². The molecule has 0 bridgehead atoms. The van der Waals surface area contributed by atoms with Gasteiger partial charge < -0.3 is 14.0 Å². The predicted octanol–water partition coefficient (Wildman–Crippen LogP) is 3.24. The van der Waals surface area contributed by atoms with Crippen LogP contribution in [0.1, 0.15) is 35.4 Å². The number of halogens is 3. The second-order valence-electron chi connectivity index (χ2n) is 10.4. The average molecular weight is 543 g/mol. The molecule has 4 aromatic rings. The van der Waals surface area contributed by atoms with E-state index in [1.165, 1.54) is 17.0 Å². The fourth-order valence-corrected chi connectivity index (χ4v) is 5.56. The molecule has 0 aliphatic carbocycles. The lowest BCUT2D eigenvalue weighted by molar-refractivity contribution is -0.136. The van der Waals surface area contributed by atoms with E-state index in [4.69, 9.17) is 9.47 Å². The molecule has 2 atom stereocenters. The van der Waals surface area contributed by atoms with Crippen LogP contribution in [0, 0.1) is 5.92 Å². The number of hydrogen-bond donors (Lipinski definition) is 0. The Morgan fingerprint density at radius 1 is 1.18 bits per heavy atom. The van der Waals surface area contributed by atoms with Crippen LogP contribution in [-0.4, -0.2) is 67.6 Å². The number of aryl methyl sites for hydroxylation is 1. The highest BCUT2D eigenvalue weighted by atomic mass is 19.4. The van der Waals surface area contributed by atoms with E-state index in [0.29, 0.717) is 50.7 Å². The normalized spacial score (nSPS) is 19.9. The first-order valence-corrected chi connectivity index (χ1v) is 12.9. The van der Waals surface area contributed by atoms with Gasteiger partial charge in [-0.2, -0.15) is 13.2 Å². The van der Waals surface area contributed by atoms with Crippen molar-refractivity contribution in [2.75, 3.05) is 32.9 Å². The Morgan fingerprint density at radius 3 is 2.67 bits per heavy atom. The zero-order chi connectivity index (χ0) is 27.3. The van der Waals surface area contributed by atoms with Gasteiger partial charge in [-0.1, -0.05) is 12.1 Å². The number of benzene rings is 1. The first-order valence-electron chi connectivity index (χ1n) is 12.9. The number of aromatic nitrogens is 5. The molecule has 0 saturated carbocycles. The van der Waals surface area contributed by atoms with Crippen LogP contribution < -0.4 is 5.69 Å². The number of fused-ring (bicyclic) bond motifs is 1. The zero-order valence-electron chi connectivity index (χ0n) is 21.6. The molecule has 12 heteroatoms. The van der Waals surface area contributed by atoms with E-state index >= 15 is 0 Å². The fourth-order valence-electron chi connectivity index (χ4n) is 5.56. The monoisotopic (exact) mass is 542 g/mol. The van der Waals surface area contributed by atoms with Gasteiger partial charge in [-0.3, -0.25) is 13.9 Å². The van der Waals surface area contributed by atoms with Crippen molar-refractivity contribution in [3.63, 3.8) is 0 Å². The fraction of sp³-hybridized carbons (Fsp3) is 0.444. The average Bonchev–Trinajstić information content (AvgIpc) is 3.43. The summed E-state index contributed by atoms with van der Waals surface area (Å²) >= 11 is 0. The van der Waals surface area contributed by atoms with Crippen molar-refractivity contribution in [1.29, 1.82) is 0 Å². The molecule has 2 fully saturated rings. The number of nitrogens with zero attached hydrogens (tertiary/aromatic N) is 6. The number of imidazole rings is 1. The van der Waals surface area contributed by atoms with Crippen molar-refractivity contribution in [2.45, 2.75) is 31.7 Å². The van der Waals surface area contributed by atoms with Crippen LogP contribution in [0.4, 0.5) is 13.2 Å². The molecule has 5 heterocycles. The number of ether oxygens (including phenoxy) is 2. The van der Waals surface area contributed by atoms with Gasteiger partial charge in [0.05, 0.1) is 48.6 Å². The van der Waals surface area contributed by atoms with Gasteiger partial charge in [-0.05, 0) is 36.2 Å². The van der Waals surface area contributed by atoms with Crippen LogP contribution >= 0.6 is 0 Å². The Morgan fingerprint density at radius 2 is 2.00 bits per heavy atom.